The first-order valence-corrected chi connectivity index (χ1v) is 7.33. The van der Waals surface area contributed by atoms with Gasteiger partial charge in [0.2, 0.25) is 0 Å². The zero-order valence-electron chi connectivity index (χ0n) is 12.5. The first-order valence-electron chi connectivity index (χ1n) is 7.33. The van der Waals surface area contributed by atoms with Crippen molar-refractivity contribution in [1.29, 1.82) is 0 Å². The fraction of sp³-hybridized carbons (Fsp3) is 0.562. The number of hydrogen-bond acceptors (Lipinski definition) is 4. The van der Waals surface area contributed by atoms with E-state index < -0.39 is 0 Å². The van der Waals surface area contributed by atoms with Crippen LogP contribution in [0.2, 0.25) is 0 Å². The van der Waals surface area contributed by atoms with Gasteiger partial charge >= 0.3 is 0 Å². The molecule has 0 aromatic heterocycles. The first kappa shape index (κ1) is 14.7. The lowest BCUT2D eigenvalue weighted by Gasteiger charge is -2.33. The van der Waals surface area contributed by atoms with Gasteiger partial charge in [0.05, 0.1) is 18.9 Å². The average Bonchev–Trinajstić information content (AvgIpc) is 2.44. The van der Waals surface area contributed by atoms with E-state index in [-0.39, 0.29) is 5.92 Å². The van der Waals surface area contributed by atoms with Gasteiger partial charge in [-0.15, -0.1) is 0 Å². The molecule has 1 aliphatic heterocycles. The third kappa shape index (κ3) is 3.24. The zero-order chi connectivity index (χ0) is 14.5. The maximum atomic E-state index is 11.7. The highest BCUT2D eigenvalue weighted by atomic mass is 16.5. The summed E-state index contributed by atoms with van der Waals surface area (Å²) in [6, 6.07) is 5.89. The second-order valence-electron chi connectivity index (χ2n) is 5.06. The quantitative estimate of drug-likeness (QED) is 0.829. The minimum atomic E-state index is 0.0778. The van der Waals surface area contributed by atoms with E-state index in [1.165, 1.54) is 0 Å². The number of carbonyl (C=O) groups is 1. The van der Waals surface area contributed by atoms with Gasteiger partial charge in [0.15, 0.2) is 0 Å². The van der Waals surface area contributed by atoms with Gasteiger partial charge in [-0.25, -0.2) is 0 Å². The Morgan fingerprint density at radius 3 is 2.65 bits per heavy atom. The van der Waals surface area contributed by atoms with Crippen LogP contribution in [-0.4, -0.2) is 32.1 Å². The fourth-order valence-electron chi connectivity index (χ4n) is 2.51. The maximum absolute atomic E-state index is 11.7. The van der Waals surface area contributed by atoms with Crippen molar-refractivity contribution in [2.75, 3.05) is 31.2 Å². The van der Waals surface area contributed by atoms with E-state index in [0.29, 0.717) is 25.4 Å². The molecule has 0 spiro atoms. The van der Waals surface area contributed by atoms with Crippen molar-refractivity contribution >= 4 is 11.5 Å². The van der Waals surface area contributed by atoms with Gasteiger partial charge in [-0.1, -0.05) is 6.92 Å². The second kappa shape index (κ2) is 6.64. The molecule has 0 amide bonds. The van der Waals surface area contributed by atoms with Crippen molar-refractivity contribution in [3.63, 3.8) is 0 Å². The van der Waals surface area contributed by atoms with Crippen molar-refractivity contribution in [1.82, 2.24) is 0 Å². The number of ether oxygens (including phenoxy) is 2. The Labute approximate surface area is 120 Å². The number of Topliss-reactive ketones (excluding diaryl/α,β-unsaturated/α-hetero) is 1. The average molecular weight is 277 g/mol. The van der Waals surface area contributed by atoms with Gasteiger partial charge in [0.25, 0.3) is 0 Å². The molecule has 4 heteroatoms. The number of rotatable bonds is 5. The summed E-state index contributed by atoms with van der Waals surface area (Å²) in [5.74, 6) is 2.13. The molecule has 0 N–H and O–H groups in total. The highest BCUT2D eigenvalue weighted by molar-refractivity contribution is 5.83. The summed E-state index contributed by atoms with van der Waals surface area (Å²) in [7, 11) is 0. The number of nitrogens with zero attached hydrogens (tertiary/aromatic N) is 1. The SMILES string of the molecule is CCOc1ccc(OCC)c(N2CCC(=O)C(C)C2)c1. The van der Waals surface area contributed by atoms with Crippen LogP contribution in [0, 0.1) is 5.92 Å². The van der Waals surface area contributed by atoms with E-state index in [9.17, 15) is 4.79 Å². The summed E-state index contributed by atoms with van der Waals surface area (Å²) < 4.78 is 11.3. The first-order chi connectivity index (χ1) is 9.65. The molecule has 1 aliphatic rings. The summed E-state index contributed by atoms with van der Waals surface area (Å²) in [5.41, 5.74) is 1.03. The molecule has 0 radical (unpaired) electrons. The van der Waals surface area contributed by atoms with Crippen LogP contribution in [0.5, 0.6) is 11.5 Å². The molecule has 110 valence electrons. The fourth-order valence-corrected chi connectivity index (χ4v) is 2.51. The van der Waals surface area contributed by atoms with Gasteiger partial charge in [0, 0.05) is 31.5 Å². The Balaban J connectivity index is 2.26. The molecule has 0 bridgehead atoms. The third-order valence-electron chi connectivity index (χ3n) is 3.55. The van der Waals surface area contributed by atoms with E-state index in [0.717, 1.165) is 30.3 Å². The van der Waals surface area contributed by atoms with Gasteiger partial charge in [-0.3, -0.25) is 4.79 Å². The van der Waals surface area contributed by atoms with E-state index >= 15 is 0 Å². The highest BCUT2D eigenvalue weighted by Gasteiger charge is 2.25. The van der Waals surface area contributed by atoms with Crippen LogP contribution >= 0.6 is 0 Å². The molecule has 0 saturated carbocycles. The summed E-state index contributed by atoms with van der Waals surface area (Å²) in [6.45, 7) is 8.69. The molecule has 1 heterocycles. The van der Waals surface area contributed by atoms with Gasteiger partial charge in [-0.2, -0.15) is 0 Å². The molecule has 20 heavy (non-hydrogen) atoms. The van der Waals surface area contributed by atoms with Crippen LogP contribution in [0.4, 0.5) is 5.69 Å². The Kier molecular flexibility index (Phi) is 4.88. The molecule has 1 fully saturated rings. The van der Waals surface area contributed by atoms with Crippen LogP contribution in [0.3, 0.4) is 0 Å². The molecule has 1 aromatic rings. The monoisotopic (exact) mass is 277 g/mol. The molecule has 1 unspecified atom stereocenters. The number of ketones is 1. The minimum Gasteiger partial charge on any atom is -0.494 e. The van der Waals surface area contributed by atoms with Crippen molar-refractivity contribution in [3.05, 3.63) is 18.2 Å². The molecular formula is C16H23NO3. The molecule has 2 rings (SSSR count). The highest BCUT2D eigenvalue weighted by Crippen LogP contribution is 2.34. The predicted octanol–water partition coefficient (Wildman–Crippen LogP) is 2.90. The summed E-state index contributed by atoms with van der Waals surface area (Å²) >= 11 is 0. The summed E-state index contributed by atoms with van der Waals surface area (Å²) in [6.07, 6.45) is 0.603. The number of hydrogen-bond donors (Lipinski definition) is 0. The largest absolute Gasteiger partial charge is 0.494 e. The van der Waals surface area contributed by atoms with Crippen molar-refractivity contribution < 1.29 is 14.3 Å². The molecule has 1 saturated heterocycles. The van der Waals surface area contributed by atoms with Crippen LogP contribution in [0.1, 0.15) is 27.2 Å². The van der Waals surface area contributed by atoms with Gasteiger partial charge in [-0.05, 0) is 26.0 Å². The standard InChI is InChI=1S/C16H23NO3/c1-4-19-13-6-7-16(20-5-2)14(10-13)17-9-8-15(18)12(3)11-17/h6-7,10,12H,4-5,8-9,11H2,1-3H3. The topological polar surface area (TPSA) is 38.8 Å². The van der Waals surface area contributed by atoms with Crippen LogP contribution in [-0.2, 0) is 4.79 Å². The maximum Gasteiger partial charge on any atom is 0.142 e. The Hall–Kier alpha value is -1.71. The Bertz CT molecular complexity index is 473. The lowest BCUT2D eigenvalue weighted by molar-refractivity contribution is -0.122. The zero-order valence-corrected chi connectivity index (χ0v) is 12.5. The van der Waals surface area contributed by atoms with Crippen molar-refractivity contribution in [2.24, 2.45) is 5.92 Å². The molecule has 0 aliphatic carbocycles. The molecule has 4 nitrogen and oxygen atoms in total. The summed E-state index contributed by atoms with van der Waals surface area (Å²) in [4.78, 5) is 13.9. The predicted molar refractivity (Wildman–Crippen MR) is 79.8 cm³/mol. The lowest BCUT2D eigenvalue weighted by Crippen LogP contribution is -2.39. The summed E-state index contributed by atoms with van der Waals surface area (Å²) in [5, 5.41) is 0. The number of anilines is 1. The Morgan fingerprint density at radius 1 is 1.25 bits per heavy atom. The van der Waals surface area contributed by atoms with Gasteiger partial charge in [0.1, 0.15) is 17.3 Å². The van der Waals surface area contributed by atoms with Crippen molar-refractivity contribution in [2.45, 2.75) is 27.2 Å². The lowest BCUT2D eigenvalue weighted by atomic mass is 9.98. The van der Waals surface area contributed by atoms with E-state index in [1.54, 1.807) is 0 Å². The molecular weight excluding hydrogens is 254 g/mol. The molecule has 1 atom stereocenters. The van der Waals surface area contributed by atoms with E-state index in [4.69, 9.17) is 9.47 Å². The molecule has 1 aromatic carbocycles. The second-order valence-corrected chi connectivity index (χ2v) is 5.06. The van der Waals surface area contributed by atoms with Crippen LogP contribution in [0.25, 0.3) is 0 Å². The number of carbonyl (C=O) groups excluding carboxylic acids is 1. The normalized spacial score (nSPS) is 19.1. The minimum absolute atomic E-state index is 0.0778. The van der Waals surface area contributed by atoms with E-state index in [1.807, 2.05) is 39.0 Å². The number of piperidine rings is 1. The van der Waals surface area contributed by atoms with Crippen molar-refractivity contribution in [3.8, 4) is 11.5 Å². The Morgan fingerprint density at radius 2 is 2.00 bits per heavy atom. The van der Waals surface area contributed by atoms with Gasteiger partial charge < -0.3 is 14.4 Å². The third-order valence-corrected chi connectivity index (χ3v) is 3.55. The van der Waals surface area contributed by atoms with Crippen LogP contribution in [0.15, 0.2) is 18.2 Å². The smallest absolute Gasteiger partial charge is 0.142 e. The van der Waals surface area contributed by atoms with Crippen LogP contribution < -0.4 is 14.4 Å². The van der Waals surface area contributed by atoms with E-state index in [2.05, 4.69) is 4.90 Å². The number of benzene rings is 1.